The second kappa shape index (κ2) is 5.63. The molecule has 2 atom stereocenters. The molecule has 2 aliphatic rings. The third kappa shape index (κ3) is 3.26. The summed E-state index contributed by atoms with van der Waals surface area (Å²) in [5, 5.41) is 2.79. The lowest BCUT2D eigenvalue weighted by atomic mass is 10.2. The molecule has 1 amide bonds. The number of carbonyl (C=O) groups excluding carboxylic acids is 2. The van der Waals surface area contributed by atoms with Crippen LogP contribution in [0.1, 0.15) is 19.8 Å². The van der Waals surface area contributed by atoms with Crippen molar-refractivity contribution in [2.45, 2.75) is 38.0 Å². The quantitative estimate of drug-likeness (QED) is 0.839. The van der Waals surface area contributed by atoms with Gasteiger partial charge < -0.3 is 19.5 Å². The predicted molar refractivity (Wildman–Crippen MR) is 73.1 cm³/mol. The first-order chi connectivity index (χ1) is 10.1. The topological polar surface area (TPSA) is 73.9 Å². The monoisotopic (exact) mass is 291 g/mol. The second-order valence-electron chi connectivity index (χ2n) is 5.23. The van der Waals surface area contributed by atoms with E-state index in [1.54, 1.807) is 25.1 Å². The largest absolute Gasteiger partial charge is 0.485 e. The zero-order valence-corrected chi connectivity index (χ0v) is 11.7. The van der Waals surface area contributed by atoms with Crippen LogP contribution in [0.2, 0.25) is 0 Å². The van der Waals surface area contributed by atoms with Gasteiger partial charge in [-0.1, -0.05) is 12.1 Å². The van der Waals surface area contributed by atoms with Gasteiger partial charge in [-0.25, -0.2) is 4.79 Å². The minimum atomic E-state index is -0.851. The lowest BCUT2D eigenvalue weighted by molar-refractivity contribution is -0.163. The van der Waals surface area contributed by atoms with Crippen LogP contribution >= 0.6 is 0 Å². The maximum absolute atomic E-state index is 12.0. The van der Waals surface area contributed by atoms with Crippen molar-refractivity contribution in [3.8, 4) is 11.5 Å². The highest BCUT2D eigenvalue weighted by Crippen LogP contribution is 2.31. The highest BCUT2D eigenvalue weighted by molar-refractivity contribution is 5.85. The number of fused-ring (bicyclic) bond motifs is 1. The van der Waals surface area contributed by atoms with E-state index in [4.69, 9.17) is 14.2 Å². The first kappa shape index (κ1) is 13.7. The van der Waals surface area contributed by atoms with Gasteiger partial charge in [0.05, 0.1) is 0 Å². The fourth-order valence-electron chi connectivity index (χ4n) is 1.99. The van der Waals surface area contributed by atoms with E-state index in [-0.39, 0.29) is 18.6 Å². The van der Waals surface area contributed by atoms with E-state index in [0.717, 1.165) is 12.8 Å². The molecule has 1 aromatic carbocycles. The fourth-order valence-corrected chi connectivity index (χ4v) is 1.99. The summed E-state index contributed by atoms with van der Waals surface area (Å²) >= 11 is 0. The van der Waals surface area contributed by atoms with Crippen LogP contribution in [0.25, 0.3) is 0 Å². The Hall–Kier alpha value is -2.24. The van der Waals surface area contributed by atoms with Gasteiger partial charge in [0.15, 0.2) is 17.6 Å². The molecule has 0 radical (unpaired) electrons. The molecule has 0 unspecified atom stereocenters. The fraction of sp³-hybridized carbons (Fsp3) is 0.467. The Morgan fingerprint density at radius 1 is 1.29 bits per heavy atom. The third-order valence-electron chi connectivity index (χ3n) is 3.36. The third-order valence-corrected chi connectivity index (χ3v) is 3.36. The van der Waals surface area contributed by atoms with Crippen molar-refractivity contribution >= 4 is 11.9 Å². The summed E-state index contributed by atoms with van der Waals surface area (Å²) < 4.78 is 16.1. The van der Waals surface area contributed by atoms with Gasteiger partial charge in [0.1, 0.15) is 6.61 Å². The molecule has 0 saturated heterocycles. The average Bonchev–Trinajstić information content (AvgIpc) is 3.30. The van der Waals surface area contributed by atoms with E-state index in [0.29, 0.717) is 11.5 Å². The number of ether oxygens (including phenoxy) is 3. The summed E-state index contributed by atoms with van der Waals surface area (Å²) in [4.78, 5) is 23.8. The van der Waals surface area contributed by atoms with Crippen LogP contribution < -0.4 is 14.8 Å². The summed E-state index contributed by atoms with van der Waals surface area (Å²) in [5.74, 6) is 0.229. The molecule has 0 aromatic heterocycles. The van der Waals surface area contributed by atoms with Crippen molar-refractivity contribution in [2.24, 2.45) is 0 Å². The number of hydrogen-bond acceptors (Lipinski definition) is 5. The molecular formula is C15H17NO5. The van der Waals surface area contributed by atoms with Crippen molar-refractivity contribution in [2.75, 3.05) is 6.61 Å². The number of rotatable bonds is 4. The van der Waals surface area contributed by atoms with Gasteiger partial charge in [-0.3, -0.25) is 4.79 Å². The first-order valence-electron chi connectivity index (χ1n) is 7.03. The Labute approximate surface area is 122 Å². The molecule has 6 heteroatoms. The number of benzene rings is 1. The Morgan fingerprint density at radius 2 is 2.00 bits per heavy atom. The molecule has 1 aromatic rings. The van der Waals surface area contributed by atoms with Gasteiger partial charge in [0, 0.05) is 6.04 Å². The molecular weight excluding hydrogens is 274 g/mol. The Morgan fingerprint density at radius 3 is 2.71 bits per heavy atom. The van der Waals surface area contributed by atoms with E-state index in [2.05, 4.69) is 5.32 Å². The Kier molecular flexibility index (Phi) is 3.68. The maximum atomic E-state index is 12.0. The SMILES string of the molecule is C[C@@H](OC(=O)[C@@H]1COc2ccccc2O1)C(=O)NC1CC1. The van der Waals surface area contributed by atoms with Crippen LogP contribution in [0.3, 0.4) is 0 Å². The van der Waals surface area contributed by atoms with E-state index < -0.39 is 18.2 Å². The van der Waals surface area contributed by atoms with Crippen LogP contribution in [0.5, 0.6) is 11.5 Å². The lowest BCUT2D eigenvalue weighted by Gasteiger charge is -2.25. The molecule has 0 spiro atoms. The van der Waals surface area contributed by atoms with Gasteiger partial charge >= 0.3 is 5.97 Å². The Bertz CT molecular complexity index is 555. The van der Waals surface area contributed by atoms with Gasteiger partial charge in [-0.2, -0.15) is 0 Å². The first-order valence-corrected chi connectivity index (χ1v) is 7.03. The van der Waals surface area contributed by atoms with Crippen LogP contribution in [0.4, 0.5) is 0 Å². The van der Waals surface area contributed by atoms with Gasteiger partial charge in [0.25, 0.3) is 5.91 Å². The molecule has 1 fully saturated rings. The normalized spacial score (nSPS) is 21.3. The smallest absolute Gasteiger partial charge is 0.351 e. The molecule has 112 valence electrons. The van der Waals surface area contributed by atoms with Crippen LogP contribution in [-0.2, 0) is 14.3 Å². The zero-order chi connectivity index (χ0) is 14.8. The summed E-state index contributed by atoms with van der Waals surface area (Å²) in [6, 6.07) is 7.34. The summed E-state index contributed by atoms with van der Waals surface area (Å²) in [5.41, 5.74) is 0. The average molecular weight is 291 g/mol. The molecule has 1 aliphatic carbocycles. The minimum absolute atomic E-state index is 0.0762. The molecule has 1 N–H and O–H groups in total. The molecule has 0 bridgehead atoms. The number of para-hydroxylation sites is 2. The lowest BCUT2D eigenvalue weighted by Crippen LogP contribution is -2.43. The van der Waals surface area contributed by atoms with Crippen molar-refractivity contribution < 1.29 is 23.8 Å². The standard InChI is InChI=1S/C15H17NO5/c1-9(14(17)16-10-6-7-10)20-15(18)13-8-19-11-4-2-3-5-12(11)21-13/h2-5,9-10,13H,6-8H2,1H3,(H,16,17)/t9-,13+/m1/s1. The van der Waals surface area contributed by atoms with E-state index >= 15 is 0 Å². The summed E-state index contributed by atoms with van der Waals surface area (Å²) in [7, 11) is 0. The number of amides is 1. The van der Waals surface area contributed by atoms with E-state index in [1.807, 2.05) is 6.07 Å². The minimum Gasteiger partial charge on any atom is -0.485 e. The molecule has 3 rings (SSSR count). The molecule has 1 aliphatic heterocycles. The van der Waals surface area contributed by atoms with Crippen molar-refractivity contribution in [3.63, 3.8) is 0 Å². The number of hydrogen-bond donors (Lipinski definition) is 1. The van der Waals surface area contributed by atoms with E-state index in [1.165, 1.54) is 0 Å². The number of nitrogens with one attached hydrogen (secondary N) is 1. The van der Waals surface area contributed by atoms with Gasteiger partial charge in [-0.15, -0.1) is 0 Å². The highest BCUT2D eigenvalue weighted by atomic mass is 16.6. The Balaban J connectivity index is 1.55. The summed E-state index contributed by atoms with van der Waals surface area (Å²) in [6.45, 7) is 1.63. The van der Waals surface area contributed by atoms with Crippen LogP contribution in [0, 0.1) is 0 Å². The van der Waals surface area contributed by atoms with E-state index in [9.17, 15) is 9.59 Å². The molecule has 1 heterocycles. The van der Waals surface area contributed by atoms with Crippen molar-refractivity contribution in [1.29, 1.82) is 0 Å². The van der Waals surface area contributed by atoms with Gasteiger partial charge in [-0.05, 0) is 31.9 Å². The highest BCUT2D eigenvalue weighted by Gasteiger charge is 2.32. The van der Waals surface area contributed by atoms with Gasteiger partial charge in [0.2, 0.25) is 6.10 Å². The predicted octanol–water partition coefficient (Wildman–Crippen LogP) is 1.04. The van der Waals surface area contributed by atoms with Crippen LogP contribution in [0.15, 0.2) is 24.3 Å². The number of esters is 1. The maximum Gasteiger partial charge on any atom is 0.351 e. The van der Waals surface area contributed by atoms with Crippen molar-refractivity contribution in [3.05, 3.63) is 24.3 Å². The molecule has 21 heavy (non-hydrogen) atoms. The second-order valence-corrected chi connectivity index (χ2v) is 5.23. The van der Waals surface area contributed by atoms with Crippen molar-refractivity contribution in [1.82, 2.24) is 5.32 Å². The number of carbonyl (C=O) groups is 2. The zero-order valence-electron chi connectivity index (χ0n) is 11.7. The van der Waals surface area contributed by atoms with Crippen LogP contribution in [-0.4, -0.2) is 36.7 Å². The molecule has 1 saturated carbocycles. The summed E-state index contributed by atoms with van der Waals surface area (Å²) in [6.07, 6.45) is 0.292. The molecule has 6 nitrogen and oxygen atoms in total.